The largest absolute Gasteiger partial charge is 0.356 e. The molecule has 0 aromatic heterocycles. The number of amides is 1. The molecule has 15 heavy (non-hydrogen) atoms. The van der Waals surface area contributed by atoms with Gasteiger partial charge in [-0.1, -0.05) is 20.8 Å². The maximum absolute atomic E-state index is 11.3. The fourth-order valence-electron chi connectivity index (χ4n) is 1.05. The van der Waals surface area contributed by atoms with Crippen LogP contribution in [0.15, 0.2) is 0 Å². The zero-order chi connectivity index (χ0) is 12.1. The molecule has 0 saturated heterocycles. The average molecular weight is 236 g/mol. The first-order chi connectivity index (χ1) is 6.60. The minimum atomic E-state index is -3.41. The molecule has 1 amide bonds. The van der Waals surface area contributed by atoms with E-state index in [2.05, 4.69) is 5.32 Å². The Labute approximate surface area is 91.5 Å². The Balaban J connectivity index is 3.66. The third kappa shape index (κ3) is 11.3. The summed E-state index contributed by atoms with van der Waals surface area (Å²) in [6.45, 7) is 6.26. The lowest BCUT2D eigenvalue weighted by atomic mass is 9.92. The van der Waals surface area contributed by atoms with Crippen molar-refractivity contribution in [1.82, 2.24) is 5.32 Å². The van der Waals surface area contributed by atoms with Gasteiger partial charge in [0, 0.05) is 13.0 Å². The summed E-state index contributed by atoms with van der Waals surface area (Å²) >= 11 is 0. The number of hydrogen-bond donors (Lipinski definition) is 2. The highest BCUT2D eigenvalue weighted by Crippen LogP contribution is 2.17. The zero-order valence-corrected chi connectivity index (χ0v) is 10.4. The van der Waals surface area contributed by atoms with Gasteiger partial charge in [-0.3, -0.25) is 4.79 Å². The summed E-state index contributed by atoms with van der Waals surface area (Å²) in [5.41, 5.74) is -0.0516. The Hall–Kier alpha value is -0.620. The number of sulfonamides is 1. The van der Waals surface area contributed by atoms with Crippen molar-refractivity contribution >= 4 is 15.9 Å². The first-order valence-corrected chi connectivity index (χ1v) is 6.59. The van der Waals surface area contributed by atoms with Gasteiger partial charge in [-0.25, -0.2) is 13.6 Å². The molecule has 0 aliphatic heterocycles. The van der Waals surface area contributed by atoms with Gasteiger partial charge < -0.3 is 5.32 Å². The molecule has 0 fully saturated rings. The van der Waals surface area contributed by atoms with Crippen LogP contribution in [0.25, 0.3) is 0 Å². The van der Waals surface area contributed by atoms with Crippen LogP contribution in [-0.4, -0.2) is 26.6 Å². The van der Waals surface area contributed by atoms with Crippen molar-refractivity contribution in [2.75, 3.05) is 12.3 Å². The predicted molar refractivity (Wildman–Crippen MR) is 59.7 cm³/mol. The van der Waals surface area contributed by atoms with Crippen LogP contribution in [0.5, 0.6) is 0 Å². The third-order valence-electron chi connectivity index (χ3n) is 1.62. The molecular formula is C9H20N2O3S. The van der Waals surface area contributed by atoms with Crippen LogP contribution in [0.4, 0.5) is 0 Å². The summed E-state index contributed by atoms with van der Waals surface area (Å²) in [7, 11) is -3.41. The molecule has 0 rings (SSSR count). The van der Waals surface area contributed by atoms with Gasteiger partial charge in [-0.05, 0) is 11.8 Å². The van der Waals surface area contributed by atoms with Crippen LogP contribution in [0.2, 0.25) is 0 Å². The average Bonchev–Trinajstić information content (AvgIpc) is 1.92. The lowest BCUT2D eigenvalue weighted by Gasteiger charge is -2.17. The van der Waals surface area contributed by atoms with Crippen LogP contribution >= 0.6 is 0 Å². The van der Waals surface area contributed by atoms with Crippen LogP contribution < -0.4 is 10.5 Å². The summed E-state index contributed by atoms with van der Waals surface area (Å²) in [6.07, 6.45) is 0.789. The van der Waals surface area contributed by atoms with Crippen LogP contribution in [-0.2, 0) is 14.8 Å². The number of rotatable bonds is 5. The summed E-state index contributed by atoms with van der Waals surface area (Å²) in [5, 5.41) is 7.47. The normalized spacial score (nSPS) is 12.5. The first-order valence-electron chi connectivity index (χ1n) is 4.87. The van der Waals surface area contributed by atoms with Crippen molar-refractivity contribution < 1.29 is 13.2 Å². The third-order valence-corrected chi connectivity index (χ3v) is 2.48. The van der Waals surface area contributed by atoms with Crippen molar-refractivity contribution in [3.8, 4) is 0 Å². The Morgan fingerprint density at radius 2 is 1.87 bits per heavy atom. The molecule has 0 aliphatic carbocycles. The van der Waals surface area contributed by atoms with E-state index in [1.165, 1.54) is 0 Å². The first kappa shape index (κ1) is 14.4. The number of carbonyl (C=O) groups excluding carboxylic acids is 1. The summed E-state index contributed by atoms with van der Waals surface area (Å²) in [6, 6.07) is 0. The second-order valence-electron chi connectivity index (χ2n) is 4.81. The molecule has 3 N–H and O–H groups in total. The number of nitrogens with one attached hydrogen (secondary N) is 1. The van der Waals surface area contributed by atoms with E-state index < -0.39 is 10.0 Å². The van der Waals surface area contributed by atoms with Gasteiger partial charge in [-0.2, -0.15) is 0 Å². The van der Waals surface area contributed by atoms with Crippen LogP contribution in [0.1, 0.15) is 33.6 Å². The molecular weight excluding hydrogens is 216 g/mol. The Kier molecular flexibility index (Phi) is 5.23. The zero-order valence-electron chi connectivity index (χ0n) is 9.54. The molecule has 0 spiro atoms. The van der Waals surface area contributed by atoms with E-state index in [0.717, 1.165) is 0 Å². The lowest BCUT2D eigenvalue weighted by molar-refractivity contribution is -0.122. The Bertz CT molecular complexity index is 304. The second kappa shape index (κ2) is 5.46. The fraction of sp³-hybridized carbons (Fsp3) is 0.889. The molecule has 0 aromatic carbocycles. The topological polar surface area (TPSA) is 89.3 Å². The Morgan fingerprint density at radius 3 is 2.27 bits per heavy atom. The highest BCUT2D eigenvalue weighted by Gasteiger charge is 2.15. The van der Waals surface area contributed by atoms with E-state index in [0.29, 0.717) is 19.4 Å². The standard InChI is InChI=1S/C9H20N2O3S/c1-9(2,3)7-8(12)11-5-4-6-15(10,13)14/h4-7H2,1-3H3,(H,11,12)(H2,10,13,14). The Morgan fingerprint density at radius 1 is 1.33 bits per heavy atom. The minimum absolute atomic E-state index is 0.0516. The number of carbonyl (C=O) groups is 1. The quantitative estimate of drug-likeness (QED) is 0.669. The van der Waals surface area contributed by atoms with Crippen molar-refractivity contribution in [3.63, 3.8) is 0 Å². The van der Waals surface area contributed by atoms with Gasteiger partial charge in [-0.15, -0.1) is 0 Å². The molecule has 6 heteroatoms. The molecule has 0 aliphatic rings. The molecule has 0 bridgehead atoms. The summed E-state index contributed by atoms with van der Waals surface area (Å²) in [4.78, 5) is 11.3. The van der Waals surface area contributed by atoms with Crippen LogP contribution in [0, 0.1) is 5.41 Å². The summed E-state index contributed by atoms with van der Waals surface area (Å²) in [5.74, 6) is -0.153. The second-order valence-corrected chi connectivity index (χ2v) is 6.54. The van der Waals surface area contributed by atoms with Gasteiger partial charge in [0.2, 0.25) is 15.9 Å². The number of nitrogens with two attached hydrogens (primary N) is 1. The maximum atomic E-state index is 11.3. The summed E-state index contributed by atoms with van der Waals surface area (Å²) < 4.78 is 21.1. The van der Waals surface area contributed by atoms with E-state index in [1.54, 1.807) is 0 Å². The molecule has 0 aromatic rings. The van der Waals surface area contributed by atoms with Crippen molar-refractivity contribution in [3.05, 3.63) is 0 Å². The van der Waals surface area contributed by atoms with Crippen molar-refractivity contribution in [2.24, 2.45) is 10.6 Å². The van der Waals surface area contributed by atoms with E-state index in [1.807, 2.05) is 20.8 Å². The molecule has 5 nitrogen and oxygen atoms in total. The highest BCUT2D eigenvalue weighted by molar-refractivity contribution is 7.89. The van der Waals surface area contributed by atoms with Crippen molar-refractivity contribution in [2.45, 2.75) is 33.6 Å². The number of primary sulfonamides is 1. The number of hydrogen-bond acceptors (Lipinski definition) is 3. The fourth-order valence-corrected chi connectivity index (χ4v) is 1.59. The molecule has 0 radical (unpaired) electrons. The minimum Gasteiger partial charge on any atom is -0.356 e. The van der Waals surface area contributed by atoms with Gasteiger partial charge >= 0.3 is 0 Å². The van der Waals surface area contributed by atoms with E-state index in [-0.39, 0.29) is 17.1 Å². The van der Waals surface area contributed by atoms with Gasteiger partial charge in [0.1, 0.15) is 0 Å². The lowest BCUT2D eigenvalue weighted by Crippen LogP contribution is -2.30. The van der Waals surface area contributed by atoms with E-state index >= 15 is 0 Å². The highest BCUT2D eigenvalue weighted by atomic mass is 32.2. The SMILES string of the molecule is CC(C)(C)CC(=O)NCCCS(N)(=O)=O. The smallest absolute Gasteiger partial charge is 0.220 e. The molecule has 0 heterocycles. The monoisotopic (exact) mass is 236 g/mol. The maximum Gasteiger partial charge on any atom is 0.220 e. The van der Waals surface area contributed by atoms with Crippen molar-refractivity contribution in [1.29, 1.82) is 0 Å². The van der Waals surface area contributed by atoms with Gasteiger partial charge in [0.25, 0.3) is 0 Å². The van der Waals surface area contributed by atoms with Crippen LogP contribution in [0.3, 0.4) is 0 Å². The molecule has 0 atom stereocenters. The van der Waals surface area contributed by atoms with E-state index in [4.69, 9.17) is 5.14 Å². The predicted octanol–water partition coefficient (Wildman–Crippen LogP) is 0.217. The van der Waals surface area contributed by atoms with Gasteiger partial charge in [0.15, 0.2) is 0 Å². The molecule has 0 saturated carbocycles. The molecule has 90 valence electrons. The molecule has 0 unspecified atom stereocenters. The van der Waals surface area contributed by atoms with E-state index in [9.17, 15) is 13.2 Å². The van der Waals surface area contributed by atoms with Gasteiger partial charge in [0.05, 0.1) is 5.75 Å².